The summed E-state index contributed by atoms with van der Waals surface area (Å²) in [6.45, 7) is 6.21. The van der Waals surface area contributed by atoms with E-state index in [1.165, 1.54) is 10.4 Å². The molecule has 0 spiro atoms. The molecule has 0 saturated heterocycles. The fraction of sp³-hybridized carbons (Fsp3) is 0.435. The molecular formula is C23H31IN6OS. The summed E-state index contributed by atoms with van der Waals surface area (Å²) in [7, 11) is 1.97. The van der Waals surface area contributed by atoms with E-state index in [1.54, 1.807) is 0 Å². The standard InChI is InChI=1S/C23H30N6OS.HI/c1-16(13-18-7-6-12-31-18)14-24-23(25-15-22-28-27-17(2)29(22)3)26-20-10-11-30-21-9-5-4-8-19(20)21;/h4-9,12,16,20H,10-11,13-15H2,1-3H3,(H2,24,25,26);1H. The first-order chi connectivity index (χ1) is 15.1. The number of rotatable bonds is 7. The Hall–Kier alpha value is -2.14. The summed E-state index contributed by atoms with van der Waals surface area (Å²) in [6, 6.07) is 12.7. The largest absolute Gasteiger partial charge is 0.493 e. The lowest BCUT2D eigenvalue weighted by molar-refractivity contribution is 0.261. The zero-order valence-corrected chi connectivity index (χ0v) is 21.9. The highest BCUT2D eigenvalue weighted by Crippen LogP contribution is 2.31. The summed E-state index contributed by atoms with van der Waals surface area (Å²) in [6.07, 6.45) is 1.95. The summed E-state index contributed by atoms with van der Waals surface area (Å²) in [4.78, 5) is 6.25. The van der Waals surface area contributed by atoms with Crippen molar-refractivity contribution in [2.75, 3.05) is 13.2 Å². The van der Waals surface area contributed by atoms with Crippen LogP contribution in [0.15, 0.2) is 46.8 Å². The van der Waals surface area contributed by atoms with Gasteiger partial charge in [-0.05, 0) is 36.8 Å². The summed E-state index contributed by atoms with van der Waals surface area (Å²) >= 11 is 1.81. The minimum atomic E-state index is 0. The number of nitrogens with zero attached hydrogens (tertiary/aromatic N) is 4. The normalized spacial score (nSPS) is 16.5. The van der Waals surface area contributed by atoms with Gasteiger partial charge >= 0.3 is 0 Å². The van der Waals surface area contributed by atoms with Crippen LogP contribution in [0.4, 0.5) is 0 Å². The van der Waals surface area contributed by atoms with Gasteiger partial charge in [-0.3, -0.25) is 0 Å². The molecule has 2 unspecified atom stereocenters. The van der Waals surface area contributed by atoms with Crippen molar-refractivity contribution in [2.45, 2.75) is 39.3 Å². The van der Waals surface area contributed by atoms with Crippen LogP contribution in [0.2, 0.25) is 0 Å². The lowest BCUT2D eigenvalue weighted by Gasteiger charge is -2.28. The lowest BCUT2D eigenvalue weighted by atomic mass is 10.0. The van der Waals surface area contributed by atoms with E-state index in [1.807, 2.05) is 42.0 Å². The molecule has 2 aromatic heterocycles. The molecular weight excluding hydrogens is 535 g/mol. The zero-order chi connectivity index (χ0) is 21.6. The number of aliphatic imine (C=N–C) groups is 1. The van der Waals surface area contributed by atoms with Crippen LogP contribution in [0.3, 0.4) is 0 Å². The molecule has 172 valence electrons. The molecule has 0 aliphatic carbocycles. The van der Waals surface area contributed by atoms with E-state index in [9.17, 15) is 0 Å². The predicted molar refractivity (Wildman–Crippen MR) is 140 cm³/mol. The number of guanidine groups is 1. The van der Waals surface area contributed by atoms with Gasteiger partial charge in [0.1, 0.15) is 18.1 Å². The van der Waals surface area contributed by atoms with Crippen LogP contribution in [0, 0.1) is 12.8 Å². The highest BCUT2D eigenvalue weighted by Gasteiger charge is 2.22. The van der Waals surface area contributed by atoms with Crippen LogP contribution in [-0.4, -0.2) is 33.9 Å². The summed E-state index contributed by atoms with van der Waals surface area (Å²) < 4.78 is 7.80. The molecule has 7 nitrogen and oxygen atoms in total. The number of thiophene rings is 1. The maximum Gasteiger partial charge on any atom is 0.192 e. The number of aromatic nitrogens is 3. The van der Waals surface area contributed by atoms with Crippen molar-refractivity contribution in [1.82, 2.24) is 25.4 Å². The molecule has 1 aromatic carbocycles. The van der Waals surface area contributed by atoms with Gasteiger partial charge in [-0.1, -0.05) is 31.2 Å². The third-order valence-electron chi connectivity index (χ3n) is 5.58. The number of benzene rings is 1. The molecule has 2 N–H and O–H groups in total. The van der Waals surface area contributed by atoms with Crippen molar-refractivity contribution in [3.63, 3.8) is 0 Å². The molecule has 0 radical (unpaired) electrons. The van der Waals surface area contributed by atoms with Crippen LogP contribution < -0.4 is 15.4 Å². The Balaban J connectivity index is 0.00000289. The minimum absolute atomic E-state index is 0. The Morgan fingerprint density at radius 2 is 2.12 bits per heavy atom. The molecule has 3 aromatic rings. The minimum Gasteiger partial charge on any atom is -0.493 e. The number of ether oxygens (including phenoxy) is 1. The quantitative estimate of drug-likeness (QED) is 0.254. The number of aryl methyl sites for hydroxylation is 1. The van der Waals surface area contributed by atoms with E-state index in [-0.39, 0.29) is 30.0 Å². The maximum absolute atomic E-state index is 5.82. The Morgan fingerprint density at radius 1 is 1.28 bits per heavy atom. The van der Waals surface area contributed by atoms with Crippen LogP contribution >= 0.6 is 35.3 Å². The van der Waals surface area contributed by atoms with Gasteiger partial charge in [-0.15, -0.1) is 45.5 Å². The van der Waals surface area contributed by atoms with Gasteiger partial charge in [-0.25, -0.2) is 4.99 Å². The third-order valence-corrected chi connectivity index (χ3v) is 6.48. The van der Waals surface area contributed by atoms with Gasteiger partial charge in [0, 0.05) is 30.5 Å². The molecule has 1 aliphatic heterocycles. The van der Waals surface area contributed by atoms with E-state index in [2.05, 4.69) is 57.4 Å². The molecule has 0 saturated carbocycles. The van der Waals surface area contributed by atoms with Crippen molar-refractivity contribution in [3.05, 3.63) is 63.9 Å². The molecule has 1 aliphatic rings. The second kappa shape index (κ2) is 11.6. The van der Waals surface area contributed by atoms with Gasteiger partial charge in [-0.2, -0.15) is 0 Å². The zero-order valence-electron chi connectivity index (χ0n) is 18.7. The Kier molecular flexibility index (Phi) is 8.92. The number of nitrogens with one attached hydrogen (secondary N) is 2. The molecule has 2 atom stereocenters. The highest BCUT2D eigenvalue weighted by atomic mass is 127. The first-order valence-electron chi connectivity index (χ1n) is 10.7. The second-order valence-corrected chi connectivity index (χ2v) is 9.06. The molecule has 4 rings (SSSR count). The SMILES string of the molecule is Cc1nnc(CN=C(NCC(C)Cc2cccs2)NC2CCOc3ccccc32)n1C.I. The van der Waals surface area contributed by atoms with Crippen LogP contribution in [0.1, 0.15) is 41.5 Å². The van der Waals surface area contributed by atoms with Gasteiger partial charge < -0.3 is 19.9 Å². The molecule has 32 heavy (non-hydrogen) atoms. The van der Waals surface area contributed by atoms with Crippen LogP contribution in [-0.2, 0) is 20.0 Å². The first kappa shape index (κ1) is 24.5. The van der Waals surface area contributed by atoms with E-state index in [4.69, 9.17) is 9.73 Å². The van der Waals surface area contributed by atoms with Gasteiger partial charge in [0.15, 0.2) is 11.8 Å². The Labute approximate surface area is 210 Å². The topological polar surface area (TPSA) is 76.4 Å². The number of hydrogen-bond acceptors (Lipinski definition) is 5. The Bertz CT molecular complexity index is 1020. The first-order valence-corrected chi connectivity index (χ1v) is 11.6. The monoisotopic (exact) mass is 566 g/mol. The molecule has 0 amide bonds. The fourth-order valence-corrected chi connectivity index (χ4v) is 4.53. The van der Waals surface area contributed by atoms with Gasteiger partial charge in [0.05, 0.1) is 12.6 Å². The van der Waals surface area contributed by atoms with Crippen molar-refractivity contribution in [1.29, 1.82) is 0 Å². The predicted octanol–water partition coefficient (Wildman–Crippen LogP) is 4.24. The van der Waals surface area contributed by atoms with Crippen molar-refractivity contribution >= 4 is 41.3 Å². The van der Waals surface area contributed by atoms with Crippen molar-refractivity contribution < 1.29 is 4.74 Å². The number of hydrogen-bond donors (Lipinski definition) is 2. The van der Waals surface area contributed by atoms with E-state index >= 15 is 0 Å². The van der Waals surface area contributed by atoms with Crippen molar-refractivity contribution in [2.24, 2.45) is 18.0 Å². The van der Waals surface area contributed by atoms with Crippen molar-refractivity contribution in [3.8, 4) is 5.75 Å². The number of para-hydroxylation sites is 1. The summed E-state index contributed by atoms with van der Waals surface area (Å²) in [5.41, 5.74) is 1.17. The molecule has 9 heteroatoms. The van der Waals surface area contributed by atoms with Crippen LogP contribution in [0.25, 0.3) is 0 Å². The molecule has 3 heterocycles. The van der Waals surface area contributed by atoms with E-state index in [0.29, 0.717) is 19.1 Å². The maximum atomic E-state index is 5.82. The van der Waals surface area contributed by atoms with E-state index in [0.717, 1.165) is 42.7 Å². The van der Waals surface area contributed by atoms with Crippen LogP contribution in [0.5, 0.6) is 5.75 Å². The Morgan fingerprint density at radius 3 is 2.88 bits per heavy atom. The van der Waals surface area contributed by atoms with Gasteiger partial charge in [0.25, 0.3) is 0 Å². The smallest absolute Gasteiger partial charge is 0.192 e. The summed E-state index contributed by atoms with van der Waals surface area (Å²) in [5.74, 6) is 3.96. The lowest BCUT2D eigenvalue weighted by Crippen LogP contribution is -2.42. The number of halogens is 1. The molecule has 0 fully saturated rings. The molecule has 0 bridgehead atoms. The second-order valence-electron chi connectivity index (χ2n) is 8.03. The summed E-state index contributed by atoms with van der Waals surface area (Å²) in [5, 5.41) is 17.7. The average molecular weight is 567 g/mol. The average Bonchev–Trinajstić information content (AvgIpc) is 3.40. The third kappa shape index (κ3) is 6.22. The fourth-order valence-electron chi connectivity index (χ4n) is 3.66. The highest BCUT2D eigenvalue weighted by molar-refractivity contribution is 14.0. The van der Waals surface area contributed by atoms with Gasteiger partial charge in [0.2, 0.25) is 0 Å². The van der Waals surface area contributed by atoms with E-state index < -0.39 is 0 Å². The number of fused-ring (bicyclic) bond motifs is 1.